The molecule has 1 aliphatic heterocycles. The van der Waals surface area contributed by atoms with Gasteiger partial charge in [0, 0.05) is 23.1 Å². The van der Waals surface area contributed by atoms with Gasteiger partial charge in [-0.3, -0.25) is 14.5 Å². The van der Waals surface area contributed by atoms with E-state index in [1.165, 1.54) is 4.90 Å². The zero-order valence-electron chi connectivity index (χ0n) is 13.2. The topological polar surface area (TPSA) is 53.2 Å². The summed E-state index contributed by atoms with van der Waals surface area (Å²) in [7, 11) is 0. The Morgan fingerprint density at radius 2 is 1.78 bits per heavy atom. The minimum absolute atomic E-state index is 0.0108. The van der Waals surface area contributed by atoms with Crippen LogP contribution in [0.25, 0.3) is 10.9 Å². The summed E-state index contributed by atoms with van der Waals surface area (Å²) in [6, 6.07) is 8.01. The number of amides is 2. The largest absolute Gasteiger partial charge is 0.361 e. The normalized spacial score (nSPS) is 25.2. The lowest BCUT2D eigenvalue weighted by Crippen LogP contribution is -2.40. The molecule has 2 aromatic rings. The van der Waals surface area contributed by atoms with Crippen molar-refractivity contribution >= 4 is 22.7 Å². The zero-order chi connectivity index (χ0) is 16.0. The van der Waals surface area contributed by atoms with Gasteiger partial charge in [0.2, 0.25) is 11.8 Å². The van der Waals surface area contributed by atoms with E-state index in [0.29, 0.717) is 19.3 Å². The third-order valence-electron chi connectivity index (χ3n) is 5.17. The highest BCUT2D eigenvalue weighted by Gasteiger charge is 2.48. The van der Waals surface area contributed by atoms with Gasteiger partial charge >= 0.3 is 0 Å². The number of carbonyl (C=O) groups is 2. The van der Waals surface area contributed by atoms with Crippen molar-refractivity contribution < 1.29 is 9.59 Å². The second-order valence-corrected chi connectivity index (χ2v) is 6.61. The molecule has 1 aromatic carbocycles. The number of hydrogen-bond acceptors (Lipinski definition) is 2. The summed E-state index contributed by atoms with van der Waals surface area (Å²) >= 11 is 0. The summed E-state index contributed by atoms with van der Waals surface area (Å²) in [6.45, 7) is 1.97. The molecule has 3 atom stereocenters. The standard InChI is InChI=1S/C19H20N2O2/c1-12(10-13-11-20-17-9-5-4-6-14(13)17)21-18(22)15-7-2-3-8-16(15)19(21)23/h2-6,9,11-12,15-16,20H,7-8,10H2,1H3/t12-,15-,16+/m0/s1. The van der Waals surface area contributed by atoms with E-state index in [1.54, 1.807) is 0 Å². The van der Waals surface area contributed by atoms with Crippen LogP contribution in [-0.2, 0) is 16.0 Å². The summed E-state index contributed by atoms with van der Waals surface area (Å²) in [5, 5.41) is 1.16. The van der Waals surface area contributed by atoms with Gasteiger partial charge in [0.05, 0.1) is 11.8 Å². The molecule has 1 aliphatic carbocycles. The number of aromatic amines is 1. The molecule has 4 nitrogen and oxygen atoms in total. The molecule has 4 heteroatoms. The Morgan fingerprint density at radius 1 is 1.13 bits per heavy atom. The van der Waals surface area contributed by atoms with Crippen LogP contribution in [0.5, 0.6) is 0 Å². The fourth-order valence-electron chi connectivity index (χ4n) is 3.97. The second-order valence-electron chi connectivity index (χ2n) is 6.61. The smallest absolute Gasteiger partial charge is 0.233 e. The number of para-hydroxylation sites is 1. The molecule has 0 bridgehead atoms. The summed E-state index contributed by atoms with van der Waals surface area (Å²) in [6.07, 6.45) is 8.13. The van der Waals surface area contributed by atoms with Crippen molar-refractivity contribution in [2.45, 2.75) is 32.2 Å². The van der Waals surface area contributed by atoms with E-state index < -0.39 is 0 Å². The quantitative estimate of drug-likeness (QED) is 0.700. The van der Waals surface area contributed by atoms with Crippen LogP contribution in [0.1, 0.15) is 25.3 Å². The van der Waals surface area contributed by atoms with E-state index in [1.807, 2.05) is 43.5 Å². The van der Waals surface area contributed by atoms with Gasteiger partial charge in [-0.2, -0.15) is 0 Å². The molecule has 2 aliphatic rings. The first-order chi connectivity index (χ1) is 11.2. The van der Waals surface area contributed by atoms with Gasteiger partial charge in [-0.15, -0.1) is 0 Å². The highest BCUT2D eigenvalue weighted by atomic mass is 16.2. The molecule has 118 valence electrons. The number of fused-ring (bicyclic) bond motifs is 2. The number of imide groups is 1. The Bertz CT molecular complexity index is 779. The van der Waals surface area contributed by atoms with Gasteiger partial charge in [0.1, 0.15) is 0 Å². The molecule has 2 amide bonds. The maximum Gasteiger partial charge on any atom is 0.233 e. The predicted molar refractivity (Wildman–Crippen MR) is 88.7 cm³/mol. The van der Waals surface area contributed by atoms with E-state index >= 15 is 0 Å². The highest BCUT2D eigenvalue weighted by molar-refractivity contribution is 6.05. The van der Waals surface area contributed by atoms with E-state index in [-0.39, 0.29) is 29.7 Å². The van der Waals surface area contributed by atoms with Gasteiger partial charge in [0.15, 0.2) is 0 Å². The van der Waals surface area contributed by atoms with E-state index in [2.05, 4.69) is 11.1 Å². The minimum atomic E-state index is -0.141. The lowest BCUT2D eigenvalue weighted by molar-refractivity contribution is -0.142. The number of aromatic nitrogens is 1. The Balaban J connectivity index is 1.58. The number of benzene rings is 1. The van der Waals surface area contributed by atoms with Crippen LogP contribution in [0.15, 0.2) is 42.6 Å². The van der Waals surface area contributed by atoms with E-state index in [9.17, 15) is 9.59 Å². The van der Waals surface area contributed by atoms with Crippen LogP contribution in [0, 0.1) is 11.8 Å². The Kier molecular flexibility index (Phi) is 3.33. The number of rotatable bonds is 3. The lowest BCUT2D eigenvalue weighted by atomic mass is 9.85. The molecule has 1 aromatic heterocycles. The number of hydrogen-bond donors (Lipinski definition) is 1. The number of carbonyl (C=O) groups excluding carboxylic acids is 2. The molecular weight excluding hydrogens is 288 g/mol. The van der Waals surface area contributed by atoms with Crippen molar-refractivity contribution in [3.8, 4) is 0 Å². The van der Waals surface area contributed by atoms with Crippen molar-refractivity contribution in [2.75, 3.05) is 0 Å². The number of nitrogens with one attached hydrogen (secondary N) is 1. The summed E-state index contributed by atoms with van der Waals surface area (Å²) in [5.74, 6) is -0.260. The Labute approximate surface area is 135 Å². The van der Waals surface area contributed by atoms with Gasteiger partial charge in [-0.25, -0.2) is 0 Å². The van der Waals surface area contributed by atoms with E-state index in [4.69, 9.17) is 0 Å². The fraction of sp³-hybridized carbons (Fsp3) is 0.368. The van der Waals surface area contributed by atoms with Crippen molar-refractivity contribution in [1.29, 1.82) is 0 Å². The van der Waals surface area contributed by atoms with Gasteiger partial charge in [0.25, 0.3) is 0 Å². The summed E-state index contributed by atoms with van der Waals surface area (Å²) in [4.78, 5) is 30.1. The number of allylic oxidation sites excluding steroid dienone is 2. The maximum atomic E-state index is 12.6. The maximum absolute atomic E-state index is 12.6. The second kappa shape index (κ2) is 5.37. The zero-order valence-corrected chi connectivity index (χ0v) is 13.2. The first-order valence-corrected chi connectivity index (χ1v) is 8.23. The molecule has 4 rings (SSSR count). The average Bonchev–Trinajstić information content (AvgIpc) is 3.08. The van der Waals surface area contributed by atoms with Crippen molar-refractivity contribution in [1.82, 2.24) is 9.88 Å². The fourth-order valence-corrected chi connectivity index (χ4v) is 3.97. The van der Waals surface area contributed by atoms with Crippen LogP contribution in [-0.4, -0.2) is 27.7 Å². The SMILES string of the molecule is C[C@@H](Cc1c[nH]c2ccccc12)N1C(=O)[C@H]2CC=CC[C@H]2C1=O. The summed E-state index contributed by atoms with van der Waals surface area (Å²) < 4.78 is 0. The molecule has 0 radical (unpaired) electrons. The Hall–Kier alpha value is -2.36. The van der Waals surface area contributed by atoms with Gasteiger partial charge in [-0.05, 0) is 37.8 Å². The monoisotopic (exact) mass is 308 g/mol. The first kappa shape index (κ1) is 14.2. The Morgan fingerprint density at radius 3 is 2.48 bits per heavy atom. The molecule has 0 spiro atoms. The predicted octanol–water partition coefficient (Wildman–Crippen LogP) is 3.05. The molecule has 1 saturated heterocycles. The van der Waals surface area contributed by atoms with Gasteiger partial charge in [-0.1, -0.05) is 30.4 Å². The highest BCUT2D eigenvalue weighted by Crippen LogP contribution is 2.36. The van der Waals surface area contributed by atoms with Crippen LogP contribution in [0.3, 0.4) is 0 Å². The van der Waals surface area contributed by atoms with Crippen molar-refractivity contribution in [3.63, 3.8) is 0 Å². The third kappa shape index (κ3) is 2.21. The first-order valence-electron chi connectivity index (χ1n) is 8.23. The lowest BCUT2D eigenvalue weighted by Gasteiger charge is -2.23. The molecule has 1 N–H and O–H groups in total. The molecule has 0 saturated carbocycles. The van der Waals surface area contributed by atoms with Crippen LogP contribution in [0.4, 0.5) is 0 Å². The number of likely N-dealkylation sites (tertiary alicyclic amines) is 1. The van der Waals surface area contributed by atoms with Crippen LogP contribution < -0.4 is 0 Å². The minimum Gasteiger partial charge on any atom is -0.361 e. The molecule has 1 fully saturated rings. The van der Waals surface area contributed by atoms with Crippen molar-refractivity contribution in [2.24, 2.45) is 11.8 Å². The summed E-state index contributed by atoms with van der Waals surface area (Å²) in [5.41, 5.74) is 2.24. The molecule has 2 heterocycles. The number of nitrogens with zero attached hydrogens (tertiary/aromatic N) is 1. The number of H-pyrrole nitrogens is 1. The molecule has 23 heavy (non-hydrogen) atoms. The van der Waals surface area contributed by atoms with E-state index in [0.717, 1.165) is 16.5 Å². The van der Waals surface area contributed by atoms with Gasteiger partial charge < -0.3 is 4.98 Å². The third-order valence-corrected chi connectivity index (χ3v) is 5.17. The average molecular weight is 308 g/mol. The molecular formula is C19H20N2O2. The van der Waals surface area contributed by atoms with Crippen LogP contribution in [0.2, 0.25) is 0 Å². The molecule has 0 unspecified atom stereocenters. The van der Waals surface area contributed by atoms with Crippen LogP contribution >= 0.6 is 0 Å². The van der Waals surface area contributed by atoms with Crippen molar-refractivity contribution in [3.05, 3.63) is 48.2 Å².